The molecule has 0 aromatic heterocycles. The van der Waals surface area contributed by atoms with Crippen molar-refractivity contribution in [2.45, 2.75) is 37.5 Å². The van der Waals surface area contributed by atoms with E-state index in [2.05, 4.69) is 4.90 Å². The van der Waals surface area contributed by atoms with E-state index in [1.165, 1.54) is 28.4 Å². The van der Waals surface area contributed by atoms with Gasteiger partial charge in [-0.25, -0.2) is 4.79 Å². The van der Waals surface area contributed by atoms with Crippen molar-refractivity contribution in [3.8, 4) is 17.2 Å². The van der Waals surface area contributed by atoms with Gasteiger partial charge in [-0.15, -0.1) is 12.4 Å². The number of nitrogens with zero attached hydrogens (tertiary/aromatic N) is 1. The fraction of sp³-hybridized carbons (Fsp3) is 0.600. The summed E-state index contributed by atoms with van der Waals surface area (Å²) in [5.74, 6) is -0.267. The fourth-order valence-corrected chi connectivity index (χ4v) is 4.39. The molecule has 0 unspecified atom stereocenters. The van der Waals surface area contributed by atoms with Crippen molar-refractivity contribution < 1.29 is 33.3 Å². The van der Waals surface area contributed by atoms with Crippen LogP contribution < -0.4 is 14.2 Å². The van der Waals surface area contributed by atoms with E-state index in [9.17, 15) is 9.59 Å². The third-order valence-electron chi connectivity index (χ3n) is 5.85. The highest BCUT2D eigenvalue weighted by Crippen LogP contribution is 2.41. The SMILES string of the molecule is COC(=O)[C@H]1[C@@H](OC(=O)c2cc(OC)c(OC)c(OC)c2)C[C@@H]2CC[C@H]1N2C.Cl. The predicted molar refractivity (Wildman–Crippen MR) is 107 cm³/mol. The van der Waals surface area contributed by atoms with E-state index in [-0.39, 0.29) is 30.0 Å². The number of esters is 2. The van der Waals surface area contributed by atoms with E-state index in [0.717, 1.165) is 12.8 Å². The Labute approximate surface area is 176 Å². The summed E-state index contributed by atoms with van der Waals surface area (Å²) in [6, 6.07) is 3.40. The Bertz CT molecular complexity index is 731. The van der Waals surface area contributed by atoms with Gasteiger partial charge >= 0.3 is 11.9 Å². The number of piperidine rings is 1. The molecule has 3 rings (SSSR count). The molecule has 2 heterocycles. The van der Waals surface area contributed by atoms with Gasteiger partial charge in [0.05, 0.1) is 34.0 Å². The van der Waals surface area contributed by atoms with Crippen molar-refractivity contribution in [1.82, 2.24) is 4.90 Å². The summed E-state index contributed by atoms with van der Waals surface area (Å²) in [6.07, 6.45) is 1.93. The maximum Gasteiger partial charge on any atom is 0.338 e. The van der Waals surface area contributed by atoms with Crippen molar-refractivity contribution in [3.63, 3.8) is 0 Å². The van der Waals surface area contributed by atoms with Crippen molar-refractivity contribution in [1.29, 1.82) is 0 Å². The molecule has 9 heteroatoms. The van der Waals surface area contributed by atoms with Gasteiger partial charge in [-0.05, 0) is 32.0 Å². The molecule has 29 heavy (non-hydrogen) atoms. The van der Waals surface area contributed by atoms with Crippen LogP contribution in [-0.4, -0.2) is 70.5 Å². The first-order chi connectivity index (χ1) is 13.4. The summed E-state index contributed by atoms with van der Waals surface area (Å²) in [5.41, 5.74) is 0.268. The average molecular weight is 430 g/mol. The minimum Gasteiger partial charge on any atom is -0.493 e. The van der Waals surface area contributed by atoms with Crippen LogP contribution in [0, 0.1) is 5.92 Å². The molecule has 2 bridgehead atoms. The molecule has 0 N–H and O–H groups in total. The van der Waals surface area contributed by atoms with Gasteiger partial charge < -0.3 is 23.7 Å². The third kappa shape index (κ3) is 4.23. The standard InChI is InChI=1S/C20H27NO7.ClH/c1-21-12-6-7-13(21)17(20(23)27-5)14(10-12)28-19(22)11-8-15(24-2)18(26-4)16(9-11)25-3;/h8-9,12-14,17H,6-7,10H2,1-5H3;1H/t12-,13+,14-,17+;/m0./s1. The second kappa shape index (κ2) is 9.54. The summed E-state index contributed by atoms with van der Waals surface area (Å²) in [6.45, 7) is 0. The normalized spacial score (nSPS) is 25.6. The Hall–Kier alpha value is -2.19. The summed E-state index contributed by atoms with van der Waals surface area (Å²) in [4.78, 5) is 27.5. The average Bonchev–Trinajstić information content (AvgIpc) is 2.95. The Morgan fingerprint density at radius 2 is 1.62 bits per heavy atom. The van der Waals surface area contributed by atoms with Crippen LogP contribution in [0.15, 0.2) is 12.1 Å². The van der Waals surface area contributed by atoms with E-state index in [1.54, 1.807) is 12.1 Å². The number of hydrogen-bond donors (Lipinski definition) is 0. The lowest BCUT2D eigenvalue weighted by Gasteiger charge is -2.40. The number of ether oxygens (including phenoxy) is 5. The first-order valence-corrected chi connectivity index (χ1v) is 9.25. The highest BCUT2D eigenvalue weighted by atomic mass is 35.5. The molecule has 2 aliphatic rings. The number of carbonyl (C=O) groups excluding carboxylic acids is 2. The molecule has 2 saturated heterocycles. The number of halogens is 1. The number of carbonyl (C=O) groups is 2. The molecule has 1 aromatic rings. The van der Waals surface area contributed by atoms with Crippen LogP contribution in [0.1, 0.15) is 29.6 Å². The van der Waals surface area contributed by atoms with Gasteiger partial charge in [0.1, 0.15) is 12.0 Å². The lowest BCUT2D eigenvalue weighted by molar-refractivity contribution is -0.156. The van der Waals surface area contributed by atoms with Gasteiger partial charge in [-0.3, -0.25) is 9.69 Å². The third-order valence-corrected chi connectivity index (χ3v) is 5.85. The second-order valence-corrected chi connectivity index (χ2v) is 7.11. The topological polar surface area (TPSA) is 83.5 Å². The van der Waals surface area contributed by atoms with Crippen LogP contribution in [0.2, 0.25) is 0 Å². The zero-order valence-electron chi connectivity index (χ0n) is 17.3. The Morgan fingerprint density at radius 1 is 1.00 bits per heavy atom. The van der Waals surface area contributed by atoms with Gasteiger partial charge in [0, 0.05) is 18.5 Å². The largest absolute Gasteiger partial charge is 0.493 e. The molecule has 1 aromatic carbocycles. The molecule has 0 aliphatic carbocycles. The molecule has 8 nitrogen and oxygen atoms in total. The van der Waals surface area contributed by atoms with E-state index < -0.39 is 18.0 Å². The number of methoxy groups -OCH3 is 4. The Balaban J connectivity index is 0.00000300. The smallest absolute Gasteiger partial charge is 0.338 e. The monoisotopic (exact) mass is 429 g/mol. The quantitative estimate of drug-likeness (QED) is 0.637. The van der Waals surface area contributed by atoms with Crippen LogP contribution in [0.4, 0.5) is 0 Å². The van der Waals surface area contributed by atoms with Gasteiger partial charge in [-0.1, -0.05) is 0 Å². The van der Waals surface area contributed by atoms with Crippen LogP contribution in [0.3, 0.4) is 0 Å². The van der Waals surface area contributed by atoms with Crippen LogP contribution in [0.5, 0.6) is 17.2 Å². The Kier molecular flexibility index (Phi) is 7.60. The molecule has 2 aliphatic heterocycles. The zero-order valence-corrected chi connectivity index (χ0v) is 18.1. The summed E-state index contributed by atoms with van der Waals surface area (Å²) < 4.78 is 26.7. The Morgan fingerprint density at radius 3 is 2.14 bits per heavy atom. The van der Waals surface area contributed by atoms with E-state index >= 15 is 0 Å². The summed E-state index contributed by atoms with van der Waals surface area (Å²) >= 11 is 0. The van der Waals surface area contributed by atoms with Gasteiger partial charge in [0.15, 0.2) is 11.5 Å². The highest BCUT2D eigenvalue weighted by molar-refractivity contribution is 5.91. The first-order valence-electron chi connectivity index (χ1n) is 9.25. The molecule has 162 valence electrons. The highest BCUT2D eigenvalue weighted by Gasteiger charge is 2.51. The lowest BCUT2D eigenvalue weighted by Crippen LogP contribution is -2.53. The number of benzene rings is 1. The lowest BCUT2D eigenvalue weighted by atomic mass is 9.87. The molecule has 0 amide bonds. The van der Waals surface area contributed by atoms with Crippen molar-refractivity contribution in [3.05, 3.63) is 17.7 Å². The number of rotatable bonds is 6. The van der Waals surface area contributed by atoms with E-state index in [0.29, 0.717) is 29.7 Å². The van der Waals surface area contributed by atoms with E-state index in [1.807, 2.05) is 7.05 Å². The minimum atomic E-state index is -0.540. The number of hydrogen-bond acceptors (Lipinski definition) is 8. The summed E-state index contributed by atoms with van der Waals surface area (Å²) in [5, 5.41) is 0. The zero-order chi connectivity index (χ0) is 20.4. The van der Waals surface area contributed by atoms with Crippen molar-refractivity contribution in [2.24, 2.45) is 5.92 Å². The van der Waals surface area contributed by atoms with Gasteiger partial charge in [0.2, 0.25) is 5.75 Å². The molecule has 2 fully saturated rings. The molecule has 0 saturated carbocycles. The first kappa shape index (κ1) is 23.1. The van der Waals surface area contributed by atoms with E-state index in [4.69, 9.17) is 23.7 Å². The summed E-state index contributed by atoms with van der Waals surface area (Å²) in [7, 11) is 7.83. The van der Waals surface area contributed by atoms with Gasteiger partial charge in [-0.2, -0.15) is 0 Å². The molecule has 0 radical (unpaired) electrons. The molecule has 0 spiro atoms. The van der Waals surface area contributed by atoms with Crippen LogP contribution in [0.25, 0.3) is 0 Å². The van der Waals surface area contributed by atoms with Crippen LogP contribution in [-0.2, 0) is 14.3 Å². The second-order valence-electron chi connectivity index (χ2n) is 7.11. The predicted octanol–water partition coefficient (Wildman–Crippen LogP) is 2.32. The number of fused-ring (bicyclic) bond motifs is 2. The van der Waals surface area contributed by atoms with Crippen molar-refractivity contribution in [2.75, 3.05) is 35.5 Å². The maximum absolute atomic E-state index is 12.9. The maximum atomic E-state index is 12.9. The molecular formula is C20H28ClNO7. The minimum absolute atomic E-state index is 0. The molecule has 4 atom stereocenters. The van der Waals surface area contributed by atoms with Crippen molar-refractivity contribution >= 4 is 24.3 Å². The molecular weight excluding hydrogens is 402 g/mol. The fourth-order valence-electron chi connectivity index (χ4n) is 4.39. The van der Waals surface area contributed by atoms with Crippen LogP contribution >= 0.6 is 12.4 Å². The van der Waals surface area contributed by atoms with Gasteiger partial charge in [0.25, 0.3) is 0 Å².